The van der Waals surface area contributed by atoms with E-state index >= 15 is 0 Å². The summed E-state index contributed by atoms with van der Waals surface area (Å²) in [5, 5.41) is 3.07. The molecule has 0 spiro atoms. The van der Waals surface area contributed by atoms with E-state index in [1.165, 1.54) is 0 Å². The third-order valence-electron chi connectivity index (χ3n) is 5.45. The van der Waals surface area contributed by atoms with Crippen molar-refractivity contribution in [2.24, 2.45) is 0 Å². The Kier molecular flexibility index (Phi) is 6.79. The number of hydrogen-bond donors (Lipinski definition) is 1. The lowest BCUT2D eigenvalue weighted by atomic mass is 10.0. The summed E-state index contributed by atoms with van der Waals surface area (Å²) in [6.45, 7) is 6.05. The topological polar surface area (TPSA) is 78.5 Å². The van der Waals surface area contributed by atoms with E-state index in [9.17, 15) is 4.79 Å². The van der Waals surface area contributed by atoms with Gasteiger partial charge in [-0.15, -0.1) is 0 Å². The smallest absolute Gasteiger partial charge is 0.251 e. The third kappa shape index (κ3) is 4.86. The molecule has 2 heterocycles. The number of morpholine rings is 1. The molecular formula is C23H28N2O6. The van der Waals surface area contributed by atoms with Crippen LogP contribution >= 0.6 is 0 Å². The van der Waals surface area contributed by atoms with Crippen molar-refractivity contribution in [3.63, 3.8) is 0 Å². The van der Waals surface area contributed by atoms with Gasteiger partial charge in [-0.25, -0.2) is 0 Å². The first-order valence-electron chi connectivity index (χ1n) is 10.5. The molecular weight excluding hydrogens is 400 g/mol. The largest absolute Gasteiger partial charge is 0.493 e. The van der Waals surface area contributed by atoms with Crippen LogP contribution in [0.4, 0.5) is 0 Å². The van der Waals surface area contributed by atoms with Crippen LogP contribution in [-0.4, -0.2) is 64.2 Å². The maximum atomic E-state index is 12.8. The van der Waals surface area contributed by atoms with Crippen LogP contribution in [0.15, 0.2) is 36.4 Å². The predicted molar refractivity (Wildman–Crippen MR) is 114 cm³/mol. The summed E-state index contributed by atoms with van der Waals surface area (Å²) in [5.41, 5.74) is 1.59. The van der Waals surface area contributed by atoms with Crippen molar-refractivity contribution in [3.8, 4) is 23.0 Å². The van der Waals surface area contributed by atoms with E-state index in [0.717, 1.165) is 18.7 Å². The van der Waals surface area contributed by atoms with Crippen molar-refractivity contribution in [3.05, 3.63) is 47.5 Å². The Morgan fingerprint density at radius 3 is 2.68 bits per heavy atom. The van der Waals surface area contributed by atoms with E-state index in [4.69, 9.17) is 23.7 Å². The average Bonchev–Trinajstić information content (AvgIpc) is 3.28. The van der Waals surface area contributed by atoms with Crippen LogP contribution in [0.2, 0.25) is 0 Å². The maximum Gasteiger partial charge on any atom is 0.251 e. The van der Waals surface area contributed by atoms with Gasteiger partial charge in [-0.2, -0.15) is 0 Å². The summed E-state index contributed by atoms with van der Waals surface area (Å²) in [7, 11) is 1.63. The van der Waals surface area contributed by atoms with Gasteiger partial charge in [0, 0.05) is 25.2 Å². The van der Waals surface area contributed by atoms with Gasteiger partial charge in [0.1, 0.15) is 0 Å². The van der Waals surface area contributed by atoms with Crippen LogP contribution in [0.1, 0.15) is 28.9 Å². The van der Waals surface area contributed by atoms with Gasteiger partial charge < -0.3 is 29.0 Å². The van der Waals surface area contributed by atoms with Gasteiger partial charge in [-0.3, -0.25) is 9.69 Å². The lowest BCUT2D eigenvalue weighted by Crippen LogP contribution is -2.43. The fourth-order valence-electron chi connectivity index (χ4n) is 3.84. The molecule has 31 heavy (non-hydrogen) atoms. The van der Waals surface area contributed by atoms with E-state index in [1.807, 2.05) is 25.1 Å². The van der Waals surface area contributed by atoms with Crippen LogP contribution in [0.25, 0.3) is 0 Å². The number of amides is 1. The number of fused-ring (bicyclic) bond motifs is 1. The Hall–Kier alpha value is -2.97. The van der Waals surface area contributed by atoms with Gasteiger partial charge in [0.25, 0.3) is 5.91 Å². The van der Waals surface area contributed by atoms with Crippen LogP contribution in [0.5, 0.6) is 23.0 Å². The number of methoxy groups -OCH3 is 1. The standard InChI is InChI=1S/C23H28N2O6/c1-3-29-19-6-4-16(12-21(19)27-2)18(25-8-10-28-11-9-25)14-24-23(26)17-5-7-20-22(13-17)31-15-30-20/h4-7,12-13,18H,3,8-11,14-15H2,1-2H3,(H,24,26)/t18-/m1/s1. The van der Waals surface area contributed by atoms with Crippen LogP contribution in [0.3, 0.4) is 0 Å². The van der Waals surface area contributed by atoms with Gasteiger partial charge >= 0.3 is 0 Å². The number of carbonyl (C=O) groups is 1. The zero-order valence-electron chi connectivity index (χ0n) is 17.9. The summed E-state index contributed by atoms with van der Waals surface area (Å²) >= 11 is 0. The zero-order valence-corrected chi connectivity index (χ0v) is 17.9. The van der Waals surface area contributed by atoms with Crippen molar-refractivity contribution < 1.29 is 28.5 Å². The molecule has 2 aromatic carbocycles. The predicted octanol–water partition coefficient (Wildman–Crippen LogP) is 2.63. The second-order valence-corrected chi connectivity index (χ2v) is 7.29. The molecule has 0 unspecified atom stereocenters. The molecule has 8 heteroatoms. The summed E-state index contributed by atoms with van der Waals surface area (Å²) in [5.74, 6) is 2.48. The molecule has 0 saturated carbocycles. The van der Waals surface area contributed by atoms with Gasteiger partial charge in [0.2, 0.25) is 6.79 Å². The lowest BCUT2D eigenvalue weighted by molar-refractivity contribution is 0.0162. The van der Waals surface area contributed by atoms with E-state index < -0.39 is 0 Å². The van der Waals surface area contributed by atoms with E-state index in [0.29, 0.717) is 54.9 Å². The molecule has 0 bridgehead atoms. The van der Waals surface area contributed by atoms with Crippen molar-refractivity contribution in [2.45, 2.75) is 13.0 Å². The minimum atomic E-state index is -0.158. The van der Waals surface area contributed by atoms with Crippen molar-refractivity contribution >= 4 is 5.91 Å². The highest BCUT2D eigenvalue weighted by atomic mass is 16.7. The fourth-order valence-corrected chi connectivity index (χ4v) is 3.84. The first-order chi connectivity index (χ1) is 15.2. The molecule has 2 aromatic rings. The van der Waals surface area contributed by atoms with E-state index in [2.05, 4.69) is 10.2 Å². The first-order valence-corrected chi connectivity index (χ1v) is 10.5. The summed E-state index contributed by atoms with van der Waals surface area (Å²) in [6, 6.07) is 11.1. The quantitative estimate of drug-likeness (QED) is 0.693. The number of nitrogens with one attached hydrogen (secondary N) is 1. The first kappa shape index (κ1) is 21.3. The van der Waals surface area contributed by atoms with Crippen LogP contribution in [0, 0.1) is 0 Å². The number of rotatable bonds is 8. The second kappa shape index (κ2) is 9.89. The van der Waals surface area contributed by atoms with Gasteiger partial charge in [0.05, 0.1) is 33.0 Å². The Morgan fingerprint density at radius 1 is 1.10 bits per heavy atom. The molecule has 4 rings (SSSR count). The minimum absolute atomic E-state index is 0.0218. The molecule has 2 aliphatic rings. The summed E-state index contributed by atoms with van der Waals surface area (Å²) < 4.78 is 27.4. The summed E-state index contributed by atoms with van der Waals surface area (Å²) in [4.78, 5) is 15.1. The van der Waals surface area contributed by atoms with Crippen molar-refractivity contribution in [1.82, 2.24) is 10.2 Å². The third-order valence-corrected chi connectivity index (χ3v) is 5.45. The van der Waals surface area contributed by atoms with Crippen molar-refractivity contribution in [1.29, 1.82) is 0 Å². The van der Waals surface area contributed by atoms with Crippen LogP contribution < -0.4 is 24.3 Å². The highest BCUT2D eigenvalue weighted by Gasteiger charge is 2.25. The van der Waals surface area contributed by atoms with E-state index in [-0.39, 0.29) is 18.7 Å². The molecule has 0 aliphatic carbocycles. The van der Waals surface area contributed by atoms with Crippen molar-refractivity contribution in [2.75, 3.05) is 53.4 Å². The minimum Gasteiger partial charge on any atom is -0.493 e. The Labute approximate surface area is 182 Å². The SMILES string of the molecule is CCOc1ccc([C@@H](CNC(=O)c2ccc3c(c2)OCO3)N2CCOCC2)cc1OC. The monoisotopic (exact) mass is 428 g/mol. The molecule has 0 aromatic heterocycles. The molecule has 1 atom stereocenters. The van der Waals surface area contributed by atoms with Crippen LogP contribution in [-0.2, 0) is 4.74 Å². The Bertz CT molecular complexity index is 913. The molecule has 1 amide bonds. The maximum absolute atomic E-state index is 12.8. The molecule has 8 nitrogen and oxygen atoms in total. The van der Waals surface area contributed by atoms with E-state index in [1.54, 1.807) is 25.3 Å². The molecule has 1 saturated heterocycles. The molecule has 1 N–H and O–H groups in total. The average molecular weight is 428 g/mol. The highest BCUT2D eigenvalue weighted by Crippen LogP contribution is 2.34. The fraction of sp³-hybridized carbons (Fsp3) is 0.435. The lowest BCUT2D eigenvalue weighted by Gasteiger charge is -2.35. The molecule has 0 radical (unpaired) electrons. The Balaban J connectivity index is 1.52. The number of nitrogens with zero attached hydrogens (tertiary/aromatic N) is 1. The highest BCUT2D eigenvalue weighted by molar-refractivity contribution is 5.95. The zero-order chi connectivity index (χ0) is 21.6. The molecule has 166 valence electrons. The summed E-state index contributed by atoms with van der Waals surface area (Å²) in [6.07, 6.45) is 0. The second-order valence-electron chi connectivity index (χ2n) is 7.29. The van der Waals surface area contributed by atoms with Gasteiger partial charge in [-0.1, -0.05) is 6.07 Å². The van der Waals surface area contributed by atoms with Gasteiger partial charge in [-0.05, 0) is 42.8 Å². The number of carbonyl (C=O) groups excluding carboxylic acids is 1. The number of ether oxygens (including phenoxy) is 5. The normalized spacial score (nSPS) is 16.6. The van der Waals surface area contributed by atoms with Gasteiger partial charge in [0.15, 0.2) is 23.0 Å². The molecule has 2 aliphatic heterocycles. The Morgan fingerprint density at radius 2 is 1.90 bits per heavy atom. The number of benzene rings is 2. The molecule has 1 fully saturated rings. The number of hydrogen-bond acceptors (Lipinski definition) is 7.